The number of nitrogens with zero attached hydrogens (tertiary/aromatic N) is 2. The summed E-state index contributed by atoms with van der Waals surface area (Å²) in [4.78, 5) is 8.78. The number of hydrogen-bond donors (Lipinski definition) is 2. The lowest BCUT2D eigenvalue weighted by atomic mass is 9.96. The molecule has 2 N–H and O–H groups in total. The van der Waals surface area contributed by atoms with Crippen LogP contribution in [0.25, 0.3) is 0 Å². The number of halogens is 1. The van der Waals surface area contributed by atoms with Gasteiger partial charge in [-0.25, -0.2) is 9.97 Å². The van der Waals surface area contributed by atoms with Gasteiger partial charge in [0.15, 0.2) is 0 Å². The van der Waals surface area contributed by atoms with E-state index in [1.54, 1.807) is 13.2 Å². The lowest BCUT2D eigenvalue weighted by Gasteiger charge is -2.18. The van der Waals surface area contributed by atoms with Gasteiger partial charge in [-0.2, -0.15) is 0 Å². The summed E-state index contributed by atoms with van der Waals surface area (Å²) >= 11 is 3.36. The van der Waals surface area contributed by atoms with E-state index in [4.69, 9.17) is 4.74 Å². The molecule has 0 aliphatic carbocycles. The van der Waals surface area contributed by atoms with E-state index < -0.39 is 6.10 Å². The fourth-order valence-electron chi connectivity index (χ4n) is 1.32. The normalized spacial score (nSPS) is 13.4. The molecule has 0 bridgehead atoms. The Morgan fingerprint density at radius 1 is 1.44 bits per heavy atom. The average Bonchev–Trinajstić information content (AvgIpc) is 2.25. The summed E-state index contributed by atoms with van der Waals surface area (Å²) in [5.74, 6) is 1.44. The minimum Gasteiger partial charge on any atom is -0.389 e. The van der Waals surface area contributed by atoms with Gasteiger partial charge in [0, 0.05) is 25.1 Å². The Hall–Kier alpha value is -0.720. The van der Waals surface area contributed by atoms with Gasteiger partial charge in [0.2, 0.25) is 0 Å². The fraction of sp³-hybridized carbons (Fsp3) is 0.667. The molecule has 0 aliphatic heterocycles. The molecular weight excluding hydrogens is 298 g/mol. The highest BCUT2D eigenvalue weighted by atomic mass is 79.9. The summed E-state index contributed by atoms with van der Waals surface area (Å²) in [7, 11) is 1.56. The second kappa shape index (κ2) is 6.45. The fourth-order valence-corrected chi connectivity index (χ4v) is 1.70. The van der Waals surface area contributed by atoms with Crippen LogP contribution in [0.3, 0.4) is 0 Å². The molecule has 1 aromatic rings. The maximum Gasteiger partial charge on any atom is 0.137 e. The molecule has 0 spiro atoms. The van der Waals surface area contributed by atoms with Gasteiger partial charge in [0.05, 0.1) is 12.7 Å². The number of ether oxygens (including phenoxy) is 1. The molecule has 18 heavy (non-hydrogen) atoms. The molecule has 0 amide bonds. The number of aromatic nitrogens is 2. The zero-order valence-corrected chi connectivity index (χ0v) is 12.8. The van der Waals surface area contributed by atoms with Crippen LogP contribution in [0.1, 0.15) is 26.6 Å². The smallest absolute Gasteiger partial charge is 0.137 e. The van der Waals surface area contributed by atoms with Gasteiger partial charge in [-0.05, 0) is 15.9 Å². The van der Waals surface area contributed by atoms with Crippen molar-refractivity contribution in [3.05, 3.63) is 16.5 Å². The molecular formula is C12H20BrN3O2. The van der Waals surface area contributed by atoms with Gasteiger partial charge >= 0.3 is 0 Å². The number of methoxy groups -OCH3 is 1. The van der Waals surface area contributed by atoms with Crippen molar-refractivity contribution in [1.82, 2.24) is 9.97 Å². The molecule has 5 nitrogen and oxygen atoms in total. The highest BCUT2D eigenvalue weighted by molar-refractivity contribution is 9.10. The lowest BCUT2D eigenvalue weighted by Crippen LogP contribution is -2.25. The van der Waals surface area contributed by atoms with Gasteiger partial charge < -0.3 is 15.2 Å². The summed E-state index contributed by atoms with van der Waals surface area (Å²) in [5.41, 5.74) is -0.120. The molecule has 0 saturated carbocycles. The van der Waals surface area contributed by atoms with Gasteiger partial charge in [0.25, 0.3) is 0 Å². The number of hydrogen-bond acceptors (Lipinski definition) is 5. The van der Waals surface area contributed by atoms with Crippen LogP contribution in [0.4, 0.5) is 5.82 Å². The number of aliphatic hydroxyl groups is 1. The molecule has 6 heteroatoms. The maximum atomic E-state index is 9.57. The van der Waals surface area contributed by atoms with Gasteiger partial charge in [-0.1, -0.05) is 20.8 Å². The second-order valence-corrected chi connectivity index (χ2v) is 5.95. The third-order valence-corrected chi connectivity index (χ3v) is 2.65. The number of nitrogens with one attached hydrogen (secondary N) is 1. The summed E-state index contributed by atoms with van der Waals surface area (Å²) < 4.78 is 5.59. The largest absolute Gasteiger partial charge is 0.389 e. The van der Waals surface area contributed by atoms with Crippen LogP contribution in [-0.4, -0.2) is 41.4 Å². The van der Waals surface area contributed by atoms with Gasteiger partial charge in [-0.15, -0.1) is 0 Å². The lowest BCUT2D eigenvalue weighted by molar-refractivity contribution is 0.0727. The predicted octanol–water partition coefficient (Wildman–Crippen LogP) is 1.96. The van der Waals surface area contributed by atoms with Crippen molar-refractivity contribution >= 4 is 21.7 Å². The van der Waals surface area contributed by atoms with Crippen LogP contribution >= 0.6 is 15.9 Å². The molecule has 0 aromatic carbocycles. The van der Waals surface area contributed by atoms with E-state index in [2.05, 4.69) is 52.0 Å². The first-order chi connectivity index (χ1) is 8.32. The van der Waals surface area contributed by atoms with E-state index in [-0.39, 0.29) is 5.41 Å². The molecule has 1 atom stereocenters. The molecule has 0 radical (unpaired) electrons. The highest BCUT2D eigenvalue weighted by Crippen LogP contribution is 2.22. The summed E-state index contributed by atoms with van der Waals surface area (Å²) in [5, 5.41) is 12.6. The van der Waals surface area contributed by atoms with E-state index in [0.717, 1.165) is 10.4 Å². The standard InChI is InChI=1S/C12H20BrN3O2/c1-12(2,3)11-15-9(13)5-10(16-11)14-6-8(17)7-18-4/h5,8,17H,6-7H2,1-4H3,(H,14,15,16). The van der Waals surface area contributed by atoms with Crippen LogP contribution in [0.2, 0.25) is 0 Å². The Morgan fingerprint density at radius 2 is 2.11 bits per heavy atom. The van der Waals surface area contributed by atoms with Crippen LogP contribution in [-0.2, 0) is 10.2 Å². The van der Waals surface area contributed by atoms with Crippen molar-refractivity contribution in [1.29, 1.82) is 0 Å². The minimum atomic E-state index is -0.554. The highest BCUT2D eigenvalue weighted by Gasteiger charge is 2.18. The quantitative estimate of drug-likeness (QED) is 0.813. The summed E-state index contributed by atoms with van der Waals surface area (Å²) in [6.45, 7) is 6.85. The van der Waals surface area contributed by atoms with Crippen LogP contribution in [0.15, 0.2) is 10.7 Å². The monoisotopic (exact) mass is 317 g/mol. The zero-order valence-electron chi connectivity index (χ0n) is 11.2. The SMILES string of the molecule is COCC(O)CNc1cc(Br)nc(C(C)(C)C)n1. The van der Waals surface area contributed by atoms with Crippen molar-refractivity contribution in [2.24, 2.45) is 0 Å². The third kappa shape index (κ3) is 4.88. The van der Waals surface area contributed by atoms with E-state index >= 15 is 0 Å². The van der Waals surface area contributed by atoms with E-state index in [1.165, 1.54) is 0 Å². The van der Waals surface area contributed by atoms with E-state index in [0.29, 0.717) is 19.0 Å². The van der Waals surface area contributed by atoms with Crippen molar-refractivity contribution in [3.8, 4) is 0 Å². The van der Waals surface area contributed by atoms with Gasteiger partial charge in [0.1, 0.15) is 16.2 Å². The molecule has 0 saturated heterocycles. The van der Waals surface area contributed by atoms with Gasteiger partial charge in [-0.3, -0.25) is 0 Å². The first-order valence-electron chi connectivity index (χ1n) is 5.79. The zero-order chi connectivity index (χ0) is 13.8. The molecule has 1 rings (SSSR count). The third-order valence-electron chi connectivity index (χ3n) is 2.24. The first kappa shape index (κ1) is 15.3. The van der Waals surface area contributed by atoms with Crippen molar-refractivity contribution in [2.75, 3.05) is 25.6 Å². The topological polar surface area (TPSA) is 67.3 Å². The number of rotatable bonds is 5. The van der Waals surface area contributed by atoms with Crippen molar-refractivity contribution in [2.45, 2.75) is 32.3 Å². The molecule has 0 fully saturated rings. The second-order valence-electron chi connectivity index (χ2n) is 5.14. The number of anilines is 1. The summed E-state index contributed by atoms with van der Waals surface area (Å²) in [6.07, 6.45) is -0.554. The molecule has 1 heterocycles. The maximum absolute atomic E-state index is 9.57. The van der Waals surface area contributed by atoms with Crippen LogP contribution < -0.4 is 5.32 Å². The average molecular weight is 318 g/mol. The van der Waals surface area contributed by atoms with E-state index in [1.807, 2.05) is 0 Å². The van der Waals surface area contributed by atoms with E-state index in [9.17, 15) is 5.11 Å². The Bertz CT molecular complexity index is 393. The summed E-state index contributed by atoms with van der Waals surface area (Å²) in [6, 6.07) is 1.79. The Kier molecular flexibility index (Phi) is 5.49. The number of aliphatic hydroxyl groups excluding tert-OH is 1. The van der Waals surface area contributed by atoms with Crippen molar-refractivity contribution < 1.29 is 9.84 Å². The Morgan fingerprint density at radius 3 is 2.67 bits per heavy atom. The molecule has 1 unspecified atom stereocenters. The van der Waals surface area contributed by atoms with Crippen LogP contribution in [0.5, 0.6) is 0 Å². The predicted molar refractivity (Wildman–Crippen MR) is 74.8 cm³/mol. The van der Waals surface area contributed by atoms with Crippen LogP contribution in [0, 0.1) is 0 Å². The molecule has 1 aromatic heterocycles. The van der Waals surface area contributed by atoms with Crippen molar-refractivity contribution in [3.63, 3.8) is 0 Å². The minimum absolute atomic E-state index is 0.120. The molecule has 0 aliphatic rings. The Balaban J connectivity index is 2.75. The first-order valence-corrected chi connectivity index (χ1v) is 6.58. The molecule has 102 valence electrons. The Labute approximate surface area is 116 Å².